The maximum Gasteiger partial charge on any atom is 0.311 e. The van der Waals surface area contributed by atoms with Crippen LogP contribution in [0.5, 0.6) is 5.75 Å². The molecule has 0 spiro atoms. The molecule has 1 saturated carbocycles. The van der Waals surface area contributed by atoms with Gasteiger partial charge in [0.05, 0.1) is 10.5 Å². The van der Waals surface area contributed by atoms with E-state index in [4.69, 9.17) is 0 Å². The summed E-state index contributed by atoms with van der Waals surface area (Å²) < 4.78 is 0.103. The molecule has 0 radical (unpaired) electrons. The minimum atomic E-state index is -0.712. The zero-order chi connectivity index (χ0) is 14.0. The van der Waals surface area contributed by atoms with E-state index in [0.29, 0.717) is 6.54 Å². The highest BCUT2D eigenvalue weighted by atomic mass is 32.2. The van der Waals surface area contributed by atoms with Gasteiger partial charge in [-0.15, -0.1) is 0 Å². The number of nitrogens with one attached hydrogen (secondary N) is 1. The predicted octanol–water partition coefficient (Wildman–Crippen LogP) is 1.93. The van der Waals surface area contributed by atoms with Gasteiger partial charge in [0.15, 0.2) is 0 Å². The Labute approximate surface area is 114 Å². The highest BCUT2D eigenvalue weighted by Gasteiger charge is 2.42. The van der Waals surface area contributed by atoms with E-state index in [1.54, 1.807) is 11.8 Å². The van der Waals surface area contributed by atoms with Gasteiger partial charge in [0.25, 0.3) is 5.91 Å². The number of thioether (sulfide) groups is 1. The Bertz CT molecular complexity index is 528. The van der Waals surface area contributed by atoms with Crippen molar-refractivity contribution in [2.24, 2.45) is 0 Å². The van der Waals surface area contributed by atoms with Crippen molar-refractivity contribution in [3.8, 4) is 5.75 Å². The first kappa shape index (κ1) is 13.7. The van der Waals surface area contributed by atoms with Crippen LogP contribution < -0.4 is 5.32 Å². The fourth-order valence-electron chi connectivity index (χ4n) is 1.79. The summed E-state index contributed by atoms with van der Waals surface area (Å²) in [6.07, 6.45) is 4.09. The van der Waals surface area contributed by atoms with Crippen LogP contribution in [0.3, 0.4) is 0 Å². The molecular formula is C12H14N2O4S. The van der Waals surface area contributed by atoms with Crippen molar-refractivity contribution < 1.29 is 14.8 Å². The molecule has 0 aliphatic heterocycles. The Morgan fingerprint density at radius 3 is 2.79 bits per heavy atom. The lowest BCUT2D eigenvalue weighted by Gasteiger charge is -2.13. The Balaban J connectivity index is 2.11. The van der Waals surface area contributed by atoms with Crippen molar-refractivity contribution >= 4 is 23.4 Å². The van der Waals surface area contributed by atoms with Crippen molar-refractivity contribution in [1.82, 2.24) is 5.32 Å². The number of amides is 1. The fraction of sp³-hybridized carbons (Fsp3) is 0.417. The number of para-hydroxylation sites is 1. The van der Waals surface area contributed by atoms with Gasteiger partial charge in [0.1, 0.15) is 0 Å². The third-order valence-electron chi connectivity index (χ3n) is 3.27. The van der Waals surface area contributed by atoms with E-state index >= 15 is 0 Å². The molecule has 1 aromatic carbocycles. The molecule has 1 amide bonds. The highest BCUT2D eigenvalue weighted by Crippen LogP contribution is 2.46. The highest BCUT2D eigenvalue weighted by molar-refractivity contribution is 8.00. The van der Waals surface area contributed by atoms with Gasteiger partial charge >= 0.3 is 5.69 Å². The zero-order valence-electron chi connectivity index (χ0n) is 10.4. The molecule has 0 saturated heterocycles. The van der Waals surface area contributed by atoms with Crippen LogP contribution >= 0.6 is 11.8 Å². The minimum Gasteiger partial charge on any atom is -0.502 e. The largest absolute Gasteiger partial charge is 0.502 e. The predicted molar refractivity (Wildman–Crippen MR) is 72.6 cm³/mol. The molecule has 7 heteroatoms. The first-order valence-corrected chi connectivity index (χ1v) is 7.01. The minimum absolute atomic E-state index is 0.0638. The maximum atomic E-state index is 11.9. The van der Waals surface area contributed by atoms with E-state index < -0.39 is 22.3 Å². The second-order valence-corrected chi connectivity index (χ2v) is 5.77. The monoisotopic (exact) mass is 282 g/mol. The number of rotatable bonds is 5. The van der Waals surface area contributed by atoms with Crippen molar-refractivity contribution in [3.05, 3.63) is 33.9 Å². The zero-order valence-corrected chi connectivity index (χ0v) is 11.2. The molecular weight excluding hydrogens is 268 g/mol. The smallest absolute Gasteiger partial charge is 0.311 e. The molecule has 0 aromatic heterocycles. The van der Waals surface area contributed by atoms with Gasteiger partial charge < -0.3 is 10.4 Å². The van der Waals surface area contributed by atoms with Gasteiger partial charge in [-0.25, -0.2) is 0 Å². The van der Waals surface area contributed by atoms with Gasteiger partial charge in [0, 0.05) is 17.4 Å². The van der Waals surface area contributed by atoms with E-state index in [2.05, 4.69) is 5.32 Å². The van der Waals surface area contributed by atoms with Gasteiger partial charge in [-0.1, -0.05) is 6.07 Å². The molecule has 1 aliphatic rings. The Morgan fingerprint density at radius 1 is 1.58 bits per heavy atom. The molecule has 102 valence electrons. The fourth-order valence-corrected chi connectivity index (χ4v) is 2.52. The summed E-state index contributed by atoms with van der Waals surface area (Å²) in [5.41, 5.74) is -0.523. The topological polar surface area (TPSA) is 92.5 Å². The summed E-state index contributed by atoms with van der Waals surface area (Å²) in [6, 6.07) is 3.92. The molecule has 1 aliphatic carbocycles. The number of aromatic hydroxyl groups is 1. The molecule has 1 aromatic rings. The summed E-state index contributed by atoms with van der Waals surface area (Å²) in [6.45, 7) is 0.509. The number of benzene rings is 1. The maximum absolute atomic E-state index is 11.9. The standard InChI is InChI=1S/C12H14N2O4S/c1-19-12(5-6-12)7-13-11(16)8-3-2-4-9(10(8)15)14(17)18/h2-4,15H,5-7H2,1H3,(H,13,16). The van der Waals surface area contributed by atoms with Crippen LogP contribution in [0.1, 0.15) is 23.2 Å². The van der Waals surface area contributed by atoms with Gasteiger partial charge in [0.2, 0.25) is 5.75 Å². The van der Waals surface area contributed by atoms with E-state index in [-0.39, 0.29) is 10.3 Å². The van der Waals surface area contributed by atoms with Crippen molar-refractivity contribution in [1.29, 1.82) is 0 Å². The number of nitro groups is 1. The van der Waals surface area contributed by atoms with Crippen LogP contribution in [0.15, 0.2) is 18.2 Å². The van der Waals surface area contributed by atoms with E-state index in [9.17, 15) is 20.0 Å². The van der Waals surface area contributed by atoms with Gasteiger partial charge in [-0.2, -0.15) is 11.8 Å². The second kappa shape index (κ2) is 5.08. The average molecular weight is 282 g/mol. The number of hydrogen-bond donors (Lipinski definition) is 2. The number of phenolic OH excluding ortho intramolecular Hbond substituents is 1. The third kappa shape index (κ3) is 2.81. The third-order valence-corrected chi connectivity index (χ3v) is 4.69. The Kier molecular flexibility index (Phi) is 3.66. The molecule has 0 bridgehead atoms. The molecule has 19 heavy (non-hydrogen) atoms. The van der Waals surface area contributed by atoms with Crippen LogP contribution in [-0.4, -0.2) is 33.5 Å². The summed E-state index contributed by atoms with van der Waals surface area (Å²) >= 11 is 1.70. The summed E-state index contributed by atoms with van der Waals surface area (Å²) in [4.78, 5) is 21.9. The lowest BCUT2D eigenvalue weighted by atomic mass is 10.1. The summed E-state index contributed by atoms with van der Waals surface area (Å²) in [5.74, 6) is -1.07. The molecule has 6 nitrogen and oxygen atoms in total. The molecule has 2 rings (SSSR count). The van der Waals surface area contributed by atoms with E-state index in [1.807, 2.05) is 6.26 Å². The summed E-state index contributed by atoms with van der Waals surface area (Å²) in [7, 11) is 0. The second-order valence-electron chi connectivity index (χ2n) is 4.50. The first-order valence-electron chi connectivity index (χ1n) is 5.79. The van der Waals surface area contributed by atoms with Crippen molar-refractivity contribution in [2.45, 2.75) is 17.6 Å². The molecule has 2 N–H and O–H groups in total. The summed E-state index contributed by atoms with van der Waals surface area (Å²) in [5, 5.41) is 23.1. The first-order chi connectivity index (χ1) is 8.99. The molecule has 1 fully saturated rings. The number of hydrogen-bond acceptors (Lipinski definition) is 5. The van der Waals surface area contributed by atoms with Gasteiger partial charge in [-0.05, 0) is 25.2 Å². The van der Waals surface area contributed by atoms with Crippen molar-refractivity contribution in [2.75, 3.05) is 12.8 Å². The number of carbonyl (C=O) groups excluding carboxylic acids is 1. The lowest BCUT2D eigenvalue weighted by Crippen LogP contribution is -2.31. The number of carbonyl (C=O) groups is 1. The van der Waals surface area contributed by atoms with Crippen LogP contribution in [-0.2, 0) is 0 Å². The van der Waals surface area contributed by atoms with Crippen LogP contribution in [0.25, 0.3) is 0 Å². The van der Waals surface area contributed by atoms with Crippen LogP contribution in [0.4, 0.5) is 5.69 Å². The van der Waals surface area contributed by atoms with Crippen LogP contribution in [0, 0.1) is 10.1 Å². The van der Waals surface area contributed by atoms with Gasteiger partial charge in [-0.3, -0.25) is 14.9 Å². The number of nitro benzene ring substituents is 1. The number of nitrogens with zero attached hydrogens (tertiary/aromatic N) is 1. The number of phenols is 1. The van der Waals surface area contributed by atoms with Crippen molar-refractivity contribution in [3.63, 3.8) is 0 Å². The Morgan fingerprint density at radius 2 is 2.26 bits per heavy atom. The van der Waals surface area contributed by atoms with E-state index in [0.717, 1.165) is 18.9 Å². The SMILES string of the molecule is CSC1(CNC(=O)c2cccc([N+](=O)[O-])c2O)CC1. The lowest BCUT2D eigenvalue weighted by molar-refractivity contribution is -0.385. The molecule has 0 heterocycles. The normalized spacial score (nSPS) is 15.8. The average Bonchev–Trinajstić information content (AvgIpc) is 3.16. The Hall–Kier alpha value is -1.76. The van der Waals surface area contributed by atoms with E-state index in [1.165, 1.54) is 12.1 Å². The quantitative estimate of drug-likeness (QED) is 0.636. The molecule has 0 unspecified atom stereocenters. The molecule has 0 atom stereocenters. The van der Waals surface area contributed by atoms with Crippen LogP contribution in [0.2, 0.25) is 0 Å².